The van der Waals surface area contributed by atoms with Gasteiger partial charge in [-0.15, -0.1) is 10.2 Å². The summed E-state index contributed by atoms with van der Waals surface area (Å²) in [5.41, 5.74) is 1.73. The van der Waals surface area contributed by atoms with Crippen LogP contribution in [0, 0.1) is 11.6 Å². The molecule has 5 nitrogen and oxygen atoms in total. The molecule has 4 aromatic rings. The van der Waals surface area contributed by atoms with Crippen molar-refractivity contribution in [3.8, 4) is 11.4 Å². The number of halogens is 3. The largest absolute Gasteiger partial charge is 0.323 e. The number of hydrogen-bond donors (Lipinski definition) is 1. The van der Waals surface area contributed by atoms with Gasteiger partial charge in [0.05, 0.1) is 18.0 Å². The quantitative estimate of drug-likeness (QED) is 0.354. The van der Waals surface area contributed by atoms with Crippen molar-refractivity contribution >= 4 is 35.0 Å². The number of anilines is 1. The predicted molar refractivity (Wildman–Crippen MR) is 122 cm³/mol. The first kappa shape index (κ1) is 22.0. The van der Waals surface area contributed by atoms with Gasteiger partial charge in [-0.1, -0.05) is 53.7 Å². The van der Waals surface area contributed by atoms with Crippen LogP contribution in [-0.4, -0.2) is 26.4 Å². The summed E-state index contributed by atoms with van der Waals surface area (Å²) < 4.78 is 29.1. The van der Waals surface area contributed by atoms with Crippen molar-refractivity contribution < 1.29 is 13.6 Å². The molecule has 0 unspecified atom stereocenters. The number of carbonyl (C=O) groups is 1. The van der Waals surface area contributed by atoms with Crippen LogP contribution in [0.3, 0.4) is 0 Å². The first-order chi connectivity index (χ1) is 15.5. The molecule has 0 spiro atoms. The first-order valence-electron chi connectivity index (χ1n) is 9.60. The molecule has 0 saturated carbocycles. The SMILES string of the molecule is O=C(CSc1nnc(-c2ccc(F)cc2)n1Cc1ccccc1)Nc1cc(Cl)ccc1F. The molecule has 0 saturated heterocycles. The normalized spacial score (nSPS) is 10.8. The summed E-state index contributed by atoms with van der Waals surface area (Å²) in [5.74, 6) is -0.783. The number of hydrogen-bond acceptors (Lipinski definition) is 4. The zero-order chi connectivity index (χ0) is 22.5. The molecule has 4 rings (SSSR count). The third-order valence-corrected chi connectivity index (χ3v) is 5.74. The Hall–Kier alpha value is -3.23. The van der Waals surface area contributed by atoms with Crippen molar-refractivity contribution in [3.05, 3.63) is 95.0 Å². The molecule has 1 heterocycles. The molecule has 1 amide bonds. The summed E-state index contributed by atoms with van der Waals surface area (Å²) in [6.07, 6.45) is 0. The summed E-state index contributed by atoms with van der Waals surface area (Å²) in [6, 6.07) is 19.6. The highest BCUT2D eigenvalue weighted by Crippen LogP contribution is 2.26. The minimum Gasteiger partial charge on any atom is -0.323 e. The molecule has 0 bridgehead atoms. The van der Waals surface area contributed by atoms with E-state index in [1.165, 1.54) is 42.1 Å². The lowest BCUT2D eigenvalue weighted by atomic mass is 10.2. The van der Waals surface area contributed by atoms with E-state index in [-0.39, 0.29) is 17.3 Å². The number of carbonyl (C=O) groups excluding carboxylic acids is 1. The van der Waals surface area contributed by atoms with E-state index in [2.05, 4.69) is 15.5 Å². The van der Waals surface area contributed by atoms with Gasteiger partial charge in [0.25, 0.3) is 0 Å². The smallest absolute Gasteiger partial charge is 0.234 e. The maximum atomic E-state index is 13.9. The van der Waals surface area contributed by atoms with Gasteiger partial charge in [0.1, 0.15) is 11.6 Å². The zero-order valence-electron chi connectivity index (χ0n) is 16.6. The lowest BCUT2D eigenvalue weighted by Crippen LogP contribution is -2.15. The van der Waals surface area contributed by atoms with Gasteiger partial charge in [0.15, 0.2) is 11.0 Å². The summed E-state index contributed by atoms with van der Waals surface area (Å²) in [5, 5.41) is 11.8. The van der Waals surface area contributed by atoms with Crippen molar-refractivity contribution in [2.75, 3.05) is 11.1 Å². The van der Waals surface area contributed by atoms with Crippen LogP contribution in [0.2, 0.25) is 5.02 Å². The molecule has 32 heavy (non-hydrogen) atoms. The summed E-state index contributed by atoms with van der Waals surface area (Å²) in [7, 11) is 0. The summed E-state index contributed by atoms with van der Waals surface area (Å²) in [6.45, 7) is 0.466. The number of thioether (sulfide) groups is 1. The van der Waals surface area contributed by atoms with Gasteiger partial charge < -0.3 is 5.32 Å². The number of aromatic nitrogens is 3. The van der Waals surface area contributed by atoms with Crippen LogP contribution in [0.4, 0.5) is 14.5 Å². The average Bonchev–Trinajstić information content (AvgIpc) is 3.18. The van der Waals surface area contributed by atoms with Gasteiger partial charge in [0, 0.05) is 10.6 Å². The summed E-state index contributed by atoms with van der Waals surface area (Å²) >= 11 is 7.04. The molecule has 0 aliphatic rings. The molecule has 1 aromatic heterocycles. The van der Waals surface area contributed by atoms with E-state index in [0.29, 0.717) is 28.1 Å². The number of nitrogens with zero attached hydrogens (tertiary/aromatic N) is 3. The predicted octanol–water partition coefficient (Wildman–Crippen LogP) is 5.66. The molecular weight excluding hydrogens is 454 g/mol. The van der Waals surface area contributed by atoms with Gasteiger partial charge in [-0.3, -0.25) is 9.36 Å². The monoisotopic (exact) mass is 470 g/mol. The van der Waals surface area contributed by atoms with Crippen molar-refractivity contribution in [3.63, 3.8) is 0 Å². The van der Waals surface area contributed by atoms with E-state index in [1.807, 2.05) is 34.9 Å². The van der Waals surface area contributed by atoms with Crippen molar-refractivity contribution in [2.24, 2.45) is 0 Å². The number of nitrogens with one attached hydrogen (secondary N) is 1. The first-order valence-corrected chi connectivity index (χ1v) is 11.0. The van der Waals surface area contributed by atoms with Crippen molar-refractivity contribution in [1.82, 2.24) is 14.8 Å². The van der Waals surface area contributed by atoms with E-state index >= 15 is 0 Å². The van der Waals surface area contributed by atoms with E-state index in [0.717, 1.165) is 5.56 Å². The fourth-order valence-electron chi connectivity index (χ4n) is 3.03. The van der Waals surface area contributed by atoms with Crippen LogP contribution in [0.5, 0.6) is 0 Å². The van der Waals surface area contributed by atoms with Crippen LogP contribution in [0.15, 0.2) is 78.0 Å². The average molecular weight is 471 g/mol. The van der Waals surface area contributed by atoms with Crippen molar-refractivity contribution in [1.29, 1.82) is 0 Å². The second kappa shape index (κ2) is 9.93. The van der Waals surface area contributed by atoms with E-state index in [1.54, 1.807) is 12.1 Å². The minimum absolute atomic E-state index is 0.0116. The Bertz CT molecular complexity index is 1230. The highest BCUT2D eigenvalue weighted by atomic mass is 35.5. The van der Waals surface area contributed by atoms with E-state index in [9.17, 15) is 13.6 Å². The van der Waals surface area contributed by atoms with E-state index < -0.39 is 11.7 Å². The van der Waals surface area contributed by atoms with E-state index in [4.69, 9.17) is 11.6 Å². The van der Waals surface area contributed by atoms with Crippen molar-refractivity contribution in [2.45, 2.75) is 11.7 Å². The number of rotatable bonds is 7. The highest BCUT2D eigenvalue weighted by molar-refractivity contribution is 7.99. The van der Waals surface area contributed by atoms with Gasteiger partial charge in [0.2, 0.25) is 5.91 Å². The van der Waals surface area contributed by atoms with Crippen LogP contribution in [0.25, 0.3) is 11.4 Å². The fraction of sp³-hybridized carbons (Fsp3) is 0.0870. The molecule has 3 aromatic carbocycles. The second-order valence-corrected chi connectivity index (χ2v) is 8.22. The Kier molecular flexibility index (Phi) is 6.82. The van der Waals surface area contributed by atoms with Gasteiger partial charge in [-0.25, -0.2) is 8.78 Å². The maximum absolute atomic E-state index is 13.9. The van der Waals surface area contributed by atoms with Gasteiger partial charge in [-0.2, -0.15) is 0 Å². The van der Waals surface area contributed by atoms with Crippen LogP contribution in [-0.2, 0) is 11.3 Å². The third kappa shape index (κ3) is 5.33. The Labute approximate surface area is 192 Å². The molecule has 1 N–H and O–H groups in total. The lowest BCUT2D eigenvalue weighted by molar-refractivity contribution is -0.113. The topological polar surface area (TPSA) is 59.8 Å². The Morgan fingerprint density at radius 3 is 2.50 bits per heavy atom. The molecular formula is C23H17ClF2N4OS. The second-order valence-electron chi connectivity index (χ2n) is 6.85. The standard InChI is InChI=1S/C23H17ClF2N4OS/c24-17-8-11-19(26)20(12-17)27-21(31)14-32-23-29-28-22(16-6-9-18(25)10-7-16)30(23)13-15-4-2-1-3-5-15/h1-12H,13-14H2,(H,27,31). The highest BCUT2D eigenvalue weighted by Gasteiger charge is 2.17. The van der Waals surface area contributed by atoms with Crippen LogP contribution < -0.4 is 5.32 Å². The molecule has 0 aliphatic carbocycles. The van der Waals surface area contributed by atoms with Crippen LogP contribution in [0.1, 0.15) is 5.56 Å². The van der Waals surface area contributed by atoms with Gasteiger partial charge >= 0.3 is 0 Å². The molecule has 162 valence electrons. The molecule has 0 atom stereocenters. The number of benzene rings is 3. The van der Waals surface area contributed by atoms with Crippen LogP contribution >= 0.6 is 23.4 Å². The Morgan fingerprint density at radius 2 is 1.75 bits per heavy atom. The Morgan fingerprint density at radius 1 is 1.00 bits per heavy atom. The fourth-order valence-corrected chi connectivity index (χ4v) is 3.94. The number of amides is 1. The maximum Gasteiger partial charge on any atom is 0.234 e. The zero-order valence-corrected chi connectivity index (χ0v) is 18.2. The molecule has 9 heteroatoms. The molecule has 0 radical (unpaired) electrons. The molecule has 0 aliphatic heterocycles. The molecule has 0 fully saturated rings. The lowest BCUT2D eigenvalue weighted by Gasteiger charge is -2.11. The summed E-state index contributed by atoms with van der Waals surface area (Å²) in [4.78, 5) is 12.4. The third-order valence-electron chi connectivity index (χ3n) is 4.54. The van der Waals surface area contributed by atoms with Gasteiger partial charge in [-0.05, 0) is 48.0 Å². The Balaban J connectivity index is 1.55. The minimum atomic E-state index is -0.571.